The first-order valence-electron chi connectivity index (χ1n) is 6.27. The van der Waals surface area contributed by atoms with Crippen molar-refractivity contribution in [2.45, 2.75) is 21.5 Å². The zero-order valence-electron chi connectivity index (χ0n) is 12.5. The number of nitro benzene ring substituents is 1. The van der Waals surface area contributed by atoms with Gasteiger partial charge in [-0.1, -0.05) is 0 Å². The summed E-state index contributed by atoms with van der Waals surface area (Å²) in [4.78, 5) is 18.3. The number of alkyl halides is 6. The Morgan fingerprint density at radius 1 is 1.19 bits per heavy atom. The molecule has 1 aromatic carbocycles. The summed E-state index contributed by atoms with van der Waals surface area (Å²) in [5.74, 6) is -3.62. The highest BCUT2D eigenvalue weighted by Gasteiger charge is 2.40. The number of hydrogen-bond donors (Lipinski definition) is 0. The Morgan fingerprint density at radius 3 is 2.19 bits per heavy atom. The lowest BCUT2D eigenvalue weighted by molar-refractivity contribution is -0.388. The molecule has 1 rings (SSSR count). The maximum atomic E-state index is 12.4. The number of carbonyl (C=O) groups is 1. The number of nitrogens with zero attached hydrogens (tertiary/aromatic N) is 1. The van der Waals surface area contributed by atoms with E-state index >= 15 is 0 Å². The Labute approximate surface area is 148 Å². The van der Waals surface area contributed by atoms with Gasteiger partial charge in [-0.3, -0.25) is 14.9 Å². The van der Waals surface area contributed by atoms with E-state index in [1.807, 2.05) is 0 Å². The van der Waals surface area contributed by atoms with Crippen LogP contribution >= 0.6 is 0 Å². The summed E-state index contributed by atoms with van der Waals surface area (Å²) in [6, 6.07) is 0.742. The third-order valence-electron chi connectivity index (χ3n) is 2.59. The molecule has 0 amide bonds. The van der Waals surface area contributed by atoms with Crippen LogP contribution in [-0.2, 0) is 30.2 Å². The van der Waals surface area contributed by atoms with Crippen molar-refractivity contribution in [2.24, 2.45) is 0 Å². The lowest BCUT2D eigenvalue weighted by Crippen LogP contribution is -2.25. The van der Waals surface area contributed by atoms with Crippen molar-refractivity contribution < 1.29 is 53.4 Å². The van der Waals surface area contributed by atoms with E-state index in [0.717, 1.165) is 0 Å². The third kappa shape index (κ3) is 6.46. The van der Waals surface area contributed by atoms with Gasteiger partial charge >= 0.3 is 17.7 Å². The molecule has 0 radical (unpaired) electrons. The molecule has 8 nitrogen and oxygen atoms in total. The Balaban J connectivity index is 3.22. The van der Waals surface area contributed by atoms with Crippen LogP contribution in [0.1, 0.15) is 0 Å². The van der Waals surface area contributed by atoms with E-state index in [9.17, 15) is 53.9 Å². The highest BCUT2D eigenvalue weighted by atomic mass is 32.2. The fourth-order valence-electron chi connectivity index (χ4n) is 1.59. The molecule has 16 heteroatoms. The third-order valence-corrected chi connectivity index (χ3v) is 5.32. The van der Waals surface area contributed by atoms with Gasteiger partial charge in [0.05, 0.1) is 9.82 Å². The van der Waals surface area contributed by atoms with Crippen LogP contribution < -0.4 is 0 Å². The van der Waals surface area contributed by atoms with Gasteiger partial charge in [0, 0.05) is 6.07 Å². The van der Waals surface area contributed by atoms with Gasteiger partial charge in [0.25, 0.3) is 5.69 Å². The molecule has 1 aromatic rings. The second-order valence-corrected chi connectivity index (χ2v) is 8.07. The fourth-order valence-corrected chi connectivity index (χ4v) is 3.54. The molecule has 1 unspecified atom stereocenters. The maximum Gasteiger partial charge on any atom is 0.475 e. The van der Waals surface area contributed by atoms with Crippen molar-refractivity contribution in [2.75, 3.05) is 12.4 Å². The molecule has 0 spiro atoms. The number of rotatable bonds is 6. The van der Waals surface area contributed by atoms with E-state index in [4.69, 9.17) is 0 Å². The monoisotopic (exact) mass is 443 g/mol. The topological polar surface area (TPSA) is 121 Å². The SMILES string of the molecule is O=C(CS(=O)(=O)c1ccc(S(=O)C(F)(F)F)cc1[N+](=O)[O-])OCC(F)(F)F. The highest BCUT2D eigenvalue weighted by Crippen LogP contribution is 2.32. The van der Waals surface area contributed by atoms with Crippen molar-refractivity contribution in [1.82, 2.24) is 0 Å². The summed E-state index contributed by atoms with van der Waals surface area (Å²) in [6.07, 6.45) is -4.95. The molecular formula is C11H7F6NO7S2. The van der Waals surface area contributed by atoms with Crippen LogP contribution in [-0.4, -0.2) is 47.6 Å². The van der Waals surface area contributed by atoms with Crippen LogP contribution in [0.5, 0.6) is 0 Å². The summed E-state index contributed by atoms with van der Waals surface area (Å²) in [7, 11) is -8.65. The minimum Gasteiger partial charge on any atom is -0.455 e. The highest BCUT2D eigenvalue weighted by molar-refractivity contribution is 7.92. The fraction of sp³-hybridized carbons (Fsp3) is 0.364. The van der Waals surface area contributed by atoms with Crippen molar-refractivity contribution in [3.8, 4) is 0 Å². The second kappa shape index (κ2) is 7.79. The van der Waals surface area contributed by atoms with Gasteiger partial charge in [0.15, 0.2) is 33.0 Å². The average molecular weight is 443 g/mol. The zero-order chi connectivity index (χ0) is 21.2. The summed E-state index contributed by atoms with van der Waals surface area (Å²) < 4.78 is 112. The molecule has 1 atom stereocenters. The van der Waals surface area contributed by atoms with Crippen molar-refractivity contribution >= 4 is 32.3 Å². The summed E-state index contributed by atoms with van der Waals surface area (Å²) in [5, 5.41) is 10.9. The first kappa shape index (κ1) is 22.8. The molecule has 27 heavy (non-hydrogen) atoms. The van der Waals surface area contributed by atoms with E-state index in [2.05, 4.69) is 4.74 Å². The lowest BCUT2D eigenvalue weighted by Gasteiger charge is -2.10. The van der Waals surface area contributed by atoms with E-state index in [0.29, 0.717) is 12.1 Å². The summed E-state index contributed by atoms with van der Waals surface area (Å²) in [6.45, 7) is -2.10. The average Bonchev–Trinajstić information content (AvgIpc) is 2.49. The van der Waals surface area contributed by atoms with Crippen LogP contribution in [0.2, 0.25) is 0 Å². The molecule has 0 saturated heterocycles. The first-order chi connectivity index (χ1) is 12.0. The smallest absolute Gasteiger partial charge is 0.455 e. The van der Waals surface area contributed by atoms with Crippen molar-refractivity contribution in [3.05, 3.63) is 28.3 Å². The van der Waals surface area contributed by atoms with Crippen LogP contribution in [0.4, 0.5) is 32.0 Å². The predicted molar refractivity (Wildman–Crippen MR) is 74.6 cm³/mol. The number of benzene rings is 1. The first-order valence-corrected chi connectivity index (χ1v) is 9.07. The normalized spacial score (nSPS) is 13.9. The molecule has 0 heterocycles. The number of ether oxygens (including phenoxy) is 1. The van der Waals surface area contributed by atoms with Gasteiger partial charge in [-0.2, -0.15) is 26.3 Å². The largest absolute Gasteiger partial charge is 0.475 e. The Morgan fingerprint density at radius 2 is 1.74 bits per heavy atom. The molecule has 0 aromatic heterocycles. The number of nitro groups is 1. The molecule has 0 aliphatic heterocycles. The number of hydrogen-bond acceptors (Lipinski definition) is 7. The van der Waals surface area contributed by atoms with E-state index in [1.165, 1.54) is 0 Å². The minimum atomic E-state index is -5.28. The Bertz CT molecular complexity index is 878. The molecule has 0 bridgehead atoms. The number of halogens is 6. The molecular weight excluding hydrogens is 436 g/mol. The number of esters is 1. The molecule has 0 N–H and O–H groups in total. The van der Waals surface area contributed by atoms with E-state index in [-0.39, 0.29) is 6.07 Å². The molecule has 0 fully saturated rings. The van der Waals surface area contributed by atoms with Crippen LogP contribution in [0, 0.1) is 10.1 Å². The van der Waals surface area contributed by atoms with Crippen LogP contribution in [0.25, 0.3) is 0 Å². The van der Waals surface area contributed by atoms with Crippen LogP contribution in [0.3, 0.4) is 0 Å². The van der Waals surface area contributed by atoms with E-state index in [1.54, 1.807) is 0 Å². The number of carbonyl (C=O) groups excluding carboxylic acids is 1. The predicted octanol–water partition coefficient (Wildman–Crippen LogP) is 2.10. The zero-order valence-corrected chi connectivity index (χ0v) is 14.2. The minimum absolute atomic E-state index is 0.0809. The Hall–Kier alpha value is -2.23. The van der Waals surface area contributed by atoms with Crippen LogP contribution in [0.15, 0.2) is 28.0 Å². The van der Waals surface area contributed by atoms with Gasteiger partial charge in [-0.05, 0) is 12.1 Å². The molecule has 0 aliphatic carbocycles. The van der Waals surface area contributed by atoms with Gasteiger partial charge < -0.3 is 4.74 Å². The van der Waals surface area contributed by atoms with Gasteiger partial charge in [0.2, 0.25) is 0 Å². The van der Waals surface area contributed by atoms with Gasteiger partial charge in [-0.15, -0.1) is 0 Å². The number of sulfone groups is 1. The second-order valence-electron chi connectivity index (χ2n) is 4.64. The molecule has 152 valence electrons. The standard InChI is InChI=1S/C11H7F6NO7S2/c12-10(13,14)5-25-9(19)4-27(23,24)8-2-1-6(3-7(8)18(20)21)26(22)11(15,16)17/h1-3H,4-5H2. The maximum absolute atomic E-state index is 12.4. The Kier molecular flexibility index (Phi) is 6.58. The van der Waals surface area contributed by atoms with Crippen molar-refractivity contribution in [3.63, 3.8) is 0 Å². The van der Waals surface area contributed by atoms with Crippen molar-refractivity contribution in [1.29, 1.82) is 0 Å². The quantitative estimate of drug-likeness (QED) is 0.286. The van der Waals surface area contributed by atoms with Gasteiger partial charge in [0.1, 0.15) is 4.90 Å². The summed E-state index contributed by atoms with van der Waals surface area (Å²) in [5.41, 5.74) is -6.72. The summed E-state index contributed by atoms with van der Waals surface area (Å²) >= 11 is 0. The molecule has 0 aliphatic rings. The van der Waals surface area contributed by atoms with Gasteiger partial charge in [-0.25, -0.2) is 12.6 Å². The lowest BCUT2D eigenvalue weighted by atomic mass is 10.3. The molecule has 0 saturated carbocycles. The van der Waals surface area contributed by atoms with E-state index < -0.39 is 71.1 Å².